The molecule has 33 heavy (non-hydrogen) atoms. The Morgan fingerprint density at radius 3 is 2.48 bits per heavy atom. The molecule has 0 fully saturated rings. The van der Waals surface area contributed by atoms with Crippen LogP contribution in [0.4, 0.5) is 0 Å². The van der Waals surface area contributed by atoms with E-state index in [1.165, 1.54) is 11.8 Å². The van der Waals surface area contributed by atoms with Crippen molar-refractivity contribution in [2.24, 2.45) is 0 Å². The molecule has 0 unspecified atom stereocenters. The normalized spacial score (nSPS) is 10.9. The molecule has 168 valence electrons. The molecule has 0 aliphatic heterocycles. The van der Waals surface area contributed by atoms with Gasteiger partial charge >= 0.3 is 0 Å². The van der Waals surface area contributed by atoms with Crippen LogP contribution in [-0.2, 0) is 12.3 Å². The van der Waals surface area contributed by atoms with Crippen LogP contribution in [0.1, 0.15) is 33.1 Å². The van der Waals surface area contributed by atoms with Crippen molar-refractivity contribution < 1.29 is 4.79 Å². The van der Waals surface area contributed by atoms with Crippen LogP contribution in [0, 0.1) is 13.8 Å². The van der Waals surface area contributed by atoms with Crippen LogP contribution in [0.2, 0.25) is 5.02 Å². The predicted molar refractivity (Wildman–Crippen MR) is 133 cm³/mol. The lowest BCUT2D eigenvalue weighted by Crippen LogP contribution is -2.24. The zero-order valence-corrected chi connectivity index (χ0v) is 21.1. The molecular formula is C23H20BrClN6OS. The Bertz CT molecular complexity index is 1270. The summed E-state index contributed by atoms with van der Waals surface area (Å²) in [5, 5.41) is 12.6. The number of aryl methyl sites for hydroxylation is 2. The van der Waals surface area contributed by atoms with Crippen molar-refractivity contribution >= 4 is 45.2 Å². The molecule has 0 saturated heterocycles. The summed E-state index contributed by atoms with van der Waals surface area (Å²) in [7, 11) is 0. The number of benzene rings is 2. The maximum atomic E-state index is 13.1. The predicted octanol–water partition coefficient (Wildman–Crippen LogP) is 5.31. The smallest absolute Gasteiger partial charge is 0.274 e. The molecule has 0 atom stereocenters. The van der Waals surface area contributed by atoms with E-state index in [1.807, 2.05) is 62.4 Å². The minimum atomic E-state index is -0.324. The van der Waals surface area contributed by atoms with Gasteiger partial charge in [0.15, 0.2) is 10.9 Å². The van der Waals surface area contributed by atoms with Gasteiger partial charge in [-0.3, -0.25) is 4.79 Å². The standard InChI is InChI=1S/C23H20BrClN6OS/c1-14-11-15(2)28-23(27-14)33-13-20-21(22(32)26-12-16-5-3-4-6-19(16)25)29-30-31(20)18-9-7-17(24)8-10-18/h3-11H,12-13H2,1-2H3,(H,26,32). The van der Waals surface area contributed by atoms with Gasteiger partial charge in [-0.15, -0.1) is 5.10 Å². The fraction of sp³-hybridized carbons (Fsp3) is 0.174. The second-order valence-electron chi connectivity index (χ2n) is 7.27. The van der Waals surface area contributed by atoms with E-state index in [4.69, 9.17) is 11.6 Å². The highest BCUT2D eigenvalue weighted by Gasteiger charge is 2.21. The Kier molecular flexibility index (Phi) is 7.42. The van der Waals surface area contributed by atoms with Gasteiger partial charge in [-0.1, -0.05) is 62.7 Å². The number of halogens is 2. The summed E-state index contributed by atoms with van der Waals surface area (Å²) in [5.41, 5.74) is 4.31. The molecule has 7 nitrogen and oxygen atoms in total. The molecule has 2 aromatic carbocycles. The summed E-state index contributed by atoms with van der Waals surface area (Å²) < 4.78 is 2.62. The molecule has 1 amide bonds. The van der Waals surface area contributed by atoms with E-state index in [0.29, 0.717) is 21.6 Å². The lowest BCUT2D eigenvalue weighted by Gasteiger charge is -2.09. The number of amides is 1. The van der Waals surface area contributed by atoms with Crippen molar-refractivity contribution in [3.05, 3.63) is 92.4 Å². The number of carbonyl (C=O) groups excluding carboxylic acids is 1. The minimum Gasteiger partial charge on any atom is -0.346 e. The number of rotatable bonds is 7. The van der Waals surface area contributed by atoms with E-state index in [2.05, 4.69) is 41.5 Å². The lowest BCUT2D eigenvalue weighted by molar-refractivity contribution is 0.0945. The van der Waals surface area contributed by atoms with E-state index in [0.717, 1.165) is 27.1 Å². The number of nitrogens with zero attached hydrogens (tertiary/aromatic N) is 5. The third kappa shape index (κ3) is 5.79. The summed E-state index contributed by atoms with van der Waals surface area (Å²) in [6.45, 7) is 4.15. The fourth-order valence-electron chi connectivity index (χ4n) is 3.19. The molecule has 2 aromatic heterocycles. The Labute approximate surface area is 209 Å². The molecule has 0 bridgehead atoms. The quantitative estimate of drug-likeness (QED) is 0.251. The van der Waals surface area contributed by atoms with Gasteiger partial charge in [0.05, 0.1) is 11.4 Å². The molecule has 0 aliphatic carbocycles. The van der Waals surface area contributed by atoms with Crippen LogP contribution in [0.25, 0.3) is 5.69 Å². The van der Waals surface area contributed by atoms with Crippen molar-refractivity contribution in [1.29, 1.82) is 0 Å². The van der Waals surface area contributed by atoms with Gasteiger partial charge in [0, 0.05) is 33.2 Å². The molecule has 0 spiro atoms. The van der Waals surface area contributed by atoms with E-state index in [1.54, 1.807) is 10.7 Å². The third-order valence-corrected chi connectivity index (χ3v) is 6.50. The monoisotopic (exact) mass is 542 g/mol. The topological polar surface area (TPSA) is 85.6 Å². The summed E-state index contributed by atoms with van der Waals surface area (Å²) in [5.74, 6) is 0.0936. The largest absolute Gasteiger partial charge is 0.346 e. The molecule has 4 aromatic rings. The number of carbonyl (C=O) groups is 1. The summed E-state index contributed by atoms with van der Waals surface area (Å²) in [4.78, 5) is 22.0. The van der Waals surface area contributed by atoms with Crippen molar-refractivity contribution in [2.75, 3.05) is 0 Å². The van der Waals surface area contributed by atoms with Gasteiger partial charge in [-0.2, -0.15) is 0 Å². The molecular weight excluding hydrogens is 524 g/mol. The Balaban J connectivity index is 1.62. The highest BCUT2D eigenvalue weighted by molar-refractivity contribution is 9.10. The van der Waals surface area contributed by atoms with Crippen LogP contribution < -0.4 is 5.32 Å². The van der Waals surface area contributed by atoms with E-state index in [9.17, 15) is 4.79 Å². The molecule has 10 heteroatoms. The molecule has 0 saturated carbocycles. The van der Waals surface area contributed by atoms with Gasteiger partial charge in [0.25, 0.3) is 5.91 Å². The number of hydrogen-bond acceptors (Lipinski definition) is 6. The van der Waals surface area contributed by atoms with E-state index < -0.39 is 0 Å². The first kappa shape index (κ1) is 23.4. The maximum Gasteiger partial charge on any atom is 0.274 e. The van der Waals surface area contributed by atoms with Crippen LogP contribution in [0.15, 0.2) is 64.2 Å². The molecule has 4 rings (SSSR count). The van der Waals surface area contributed by atoms with Crippen molar-refractivity contribution in [3.8, 4) is 5.69 Å². The second-order valence-corrected chi connectivity index (χ2v) is 9.53. The first-order valence-corrected chi connectivity index (χ1v) is 12.2. The Morgan fingerprint density at radius 2 is 1.79 bits per heavy atom. The fourth-order valence-corrected chi connectivity index (χ4v) is 4.60. The van der Waals surface area contributed by atoms with Crippen LogP contribution in [0.3, 0.4) is 0 Å². The summed E-state index contributed by atoms with van der Waals surface area (Å²) in [6.07, 6.45) is 0. The summed E-state index contributed by atoms with van der Waals surface area (Å²) in [6, 6.07) is 17.0. The van der Waals surface area contributed by atoms with Gasteiger partial charge in [0.2, 0.25) is 0 Å². The number of aromatic nitrogens is 5. The molecule has 0 radical (unpaired) electrons. The van der Waals surface area contributed by atoms with Gasteiger partial charge in [-0.05, 0) is 55.8 Å². The Morgan fingerprint density at radius 1 is 1.09 bits per heavy atom. The van der Waals surface area contributed by atoms with Crippen molar-refractivity contribution in [2.45, 2.75) is 31.3 Å². The first-order chi connectivity index (χ1) is 15.9. The number of hydrogen-bond donors (Lipinski definition) is 1. The minimum absolute atomic E-state index is 0.252. The zero-order chi connectivity index (χ0) is 23.4. The van der Waals surface area contributed by atoms with Crippen LogP contribution in [-0.4, -0.2) is 30.9 Å². The van der Waals surface area contributed by atoms with Crippen molar-refractivity contribution in [1.82, 2.24) is 30.3 Å². The molecule has 1 N–H and O–H groups in total. The number of nitrogens with one attached hydrogen (secondary N) is 1. The van der Waals surface area contributed by atoms with Crippen LogP contribution in [0.5, 0.6) is 0 Å². The second kappa shape index (κ2) is 10.5. The Hall–Kier alpha value is -2.75. The first-order valence-electron chi connectivity index (χ1n) is 10.1. The molecule has 0 aliphatic rings. The average molecular weight is 544 g/mol. The highest BCUT2D eigenvalue weighted by atomic mass is 79.9. The van der Waals surface area contributed by atoms with Gasteiger partial charge in [-0.25, -0.2) is 14.6 Å². The number of thioether (sulfide) groups is 1. The maximum absolute atomic E-state index is 13.1. The summed E-state index contributed by atoms with van der Waals surface area (Å²) >= 11 is 11.1. The third-order valence-electron chi connectivity index (χ3n) is 4.75. The van der Waals surface area contributed by atoms with E-state index >= 15 is 0 Å². The highest BCUT2D eigenvalue weighted by Crippen LogP contribution is 2.24. The zero-order valence-electron chi connectivity index (χ0n) is 17.9. The SMILES string of the molecule is Cc1cc(C)nc(SCc2c(C(=O)NCc3ccccc3Cl)nnn2-c2ccc(Br)cc2)n1. The van der Waals surface area contributed by atoms with Gasteiger partial charge in [0.1, 0.15) is 0 Å². The van der Waals surface area contributed by atoms with Crippen LogP contribution >= 0.6 is 39.3 Å². The average Bonchev–Trinajstić information content (AvgIpc) is 3.21. The lowest BCUT2D eigenvalue weighted by atomic mass is 10.2. The molecule has 2 heterocycles. The van der Waals surface area contributed by atoms with Crippen molar-refractivity contribution in [3.63, 3.8) is 0 Å². The van der Waals surface area contributed by atoms with E-state index in [-0.39, 0.29) is 18.1 Å². The van der Waals surface area contributed by atoms with Gasteiger partial charge < -0.3 is 5.32 Å².